The summed E-state index contributed by atoms with van der Waals surface area (Å²) in [5.74, 6) is 0.281. The van der Waals surface area contributed by atoms with E-state index in [2.05, 4.69) is 4.98 Å². The van der Waals surface area contributed by atoms with Crippen molar-refractivity contribution < 1.29 is 14.2 Å². The van der Waals surface area contributed by atoms with Crippen molar-refractivity contribution in [1.82, 2.24) is 4.98 Å². The highest BCUT2D eigenvalue weighted by Gasteiger charge is 2.11. The summed E-state index contributed by atoms with van der Waals surface area (Å²) in [4.78, 5) is 4.01. The molecule has 3 nitrogen and oxygen atoms in total. The van der Waals surface area contributed by atoms with Crippen LogP contribution in [0.5, 0.6) is 5.75 Å². The first-order valence-electron chi connectivity index (χ1n) is 5.72. The number of aromatic nitrogens is 1. The van der Waals surface area contributed by atoms with Crippen LogP contribution in [0.15, 0.2) is 42.7 Å². The van der Waals surface area contributed by atoms with E-state index in [1.165, 1.54) is 12.1 Å². The van der Waals surface area contributed by atoms with Crippen LogP contribution < -0.4 is 4.74 Å². The predicted molar refractivity (Wildman–Crippen MR) is 65.9 cm³/mol. The molecule has 0 aliphatic carbocycles. The SMILES string of the molecule is CCOc1cncc(C(O)c2ccc(F)cc2)c1. The first-order valence-corrected chi connectivity index (χ1v) is 5.72. The zero-order valence-electron chi connectivity index (χ0n) is 10.0. The van der Waals surface area contributed by atoms with Gasteiger partial charge in [0.05, 0.1) is 12.8 Å². The average molecular weight is 247 g/mol. The number of pyridine rings is 1. The maximum atomic E-state index is 12.8. The Hall–Kier alpha value is -1.94. The Morgan fingerprint density at radius 2 is 1.94 bits per heavy atom. The van der Waals surface area contributed by atoms with E-state index in [9.17, 15) is 9.50 Å². The fourth-order valence-corrected chi connectivity index (χ4v) is 1.67. The standard InChI is InChI=1S/C14H14FNO2/c1-2-18-13-7-11(8-16-9-13)14(17)10-3-5-12(15)6-4-10/h3-9,14,17H,2H2,1H3. The molecule has 94 valence electrons. The molecule has 0 amide bonds. The molecule has 0 saturated carbocycles. The summed E-state index contributed by atoms with van der Waals surface area (Å²) >= 11 is 0. The van der Waals surface area contributed by atoms with Crippen molar-refractivity contribution in [3.8, 4) is 5.75 Å². The van der Waals surface area contributed by atoms with Gasteiger partial charge in [-0.15, -0.1) is 0 Å². The summed E-state index contributed by atoms with van der Waals surface area (Å²) in [6.45, 7) is 2.42. The van der Waals surface area contributed by atoms with E-state index in [0.717, 1.165) is 0 Å². The van der Waals surface area contributed by atoms with Gasteiger partial charge in [0.25, 0.3) is 0 Å². The fraction of sp³-hybridized carbons (Fsp3) is 0.214. The smallest absolute Gasteiger partial charge is 0.137 e. The monoisotopic (exact) mass is 247 g/mol. The van der Waals surface area contributed by atoms with Gasteiger partial charge in [-0.3, -0.25) is 4.98 Å². The van der Waals surface area contributed by atoms with E-state index in [1.54, 1.807) is 30.6 Å². The third-order valence-electron chi connectivity index (χ3n) is 2.55. The van der Waals surface area contributed by atoms with Crippen LogP contribution in [0.3, 0.4) is 0 Å². The number of ether oxygens (including phenoxy) is 1. The van der Waals surface area contributed by atoms with Crippen molar-refractivity contribution >= 4 is 0 Å². The minimum atomic E-state index is -0.835. The summed E-state index contributed by atoms with van der Waals surface area (Å²) in [7, 11) is 0. The number of aliphatic hydroxyl groups excluding tert-OH is 1. The van der Waals surface area contributed by atoms with Gasteiger partial charge in [-0.2, -0.15) is 0 Å². The molecule has 2 aromatic rings. The van der Waals surface area contributed by atoms with Crippen LogP contribution in [0, 0.1) is 5.82 Å². The van der Waals surface area contributed by atoms with Gasteiger partial charge in [-0.25, -0.2) is 4.39 Å². The summed E-state index contributed by atoms with van der Waals surface area (Å²) in [6, 6.07) is 7.46. The normalized spacial score (nSPS) is 12.2. The highest BCUT2D eigenvalue weighted by Crippen LogP contribution is 2.24. The molecular weight excluding hydrogens is 233 g/mol. The van der Waals surface area contributed by atoms with Crippen LogP contribution in [0.25, 0.3) is 0 Å². The van der Waals surface area contributed by atoms with Gasteiger partial charge in [0, 0.05) is 11.8 Å². The van der Waals surface area contributed by atoms with E-state index in [1.807, 2.05) is 6.92 Å². The highest BCUT2D eigenvalue weighted by molar-refractivity contribution is 5.32. The second kappa shape index (κ2) is 5.60. The van der Waals surface area contributed by atoms with E-state index < -0.39 is 6.10 Å². The number of nitrogens with zero attached hydrogens (tertiary/aromatic N) is 1. The molecule has 0 spiro atoms. The Morgan fingerprint density at radius 3 is 2.61 bits per heavy atom. The van der Waals surface area contributed by atoms with Crippen molar-refractivity contribution in [3.63, 3.8) is 0 Å². The minimum Gasteiger partial charge on any atom is -0.492 e. The lowest BCUT2D eigenvalue weighted by atomic mass is 10.0. The van der Waals surface area contributed by atoms with Gasteiger partial charge in [0.15, 0.2) is 0 Å². The summed E-state index contributed by atoms with van der Waals surface area (Å²) in [5.41, 5.74) is 1.24. The molecule has 1 N–H and O–H groups in total. The molecular formula is C14H14FNO2. The molecule has 18 heavy (non-hydrogen) atoms. The van der Waals surface area contributed by atoms with Crippen LogP contribution in [-0.2, 0) is 0 Å². The zero-order chi connectivity index (χ0) is 13.0. The molecule has 0 saturated heterocycles. The van der Waals surface area contributed by atoms with Crippen LogP contribution in [0.1, 0.15) is 24.2 Å². The third kappa shape index (κ3) is 2.84. The lowest BCUT2D eigenvalue weighted by Crippen LogP contribution is -2.01. The Bertz CT molecular complexity index is 513. The van der Waals surface area contributed by atoms with Crippen molar-refractivity contribution in [2.75, 3.05) is 6.61 Å². The molecule has 0 aliphatic heterocycles. The van der Waals surface area contributed by atoms with E-state index in [0.29, 0.717) is 23.5 Å². The van der Waals surface area contributed by atoms with Gasteiger partial charge in [0.1, 0.15) is 17.7 Å². The van der Waals surface area contributed by atoms with Crippen molar-refractivity contribution in [2.45, 2.75) is 13.0 Å². The summed E-state index contributed by atoms with van der Waals surface area (Å²) < 4.78 is 18.1. The molecule has 1 atom stereocenters. The van der Waals surface area contributed by atoms with Gasteiger partial charge >= 0.3 is 0 Å². The largest absolute Gasteiger partial charge is 0.492 e. The van der Waals surface area contributed by atoms with Crippen LogP contribution in [0.4, 0.5) is 4.39 Å². The highest BCUT2D eigenvalue weighted by atomic mass is 19.1. The number of rotatable bonds is 4. The molecule has 0 bridgehead atoms. The second-order valence-electron chi connectivity index (χ2n) is 3.84. The molecule has 4 heteroatoms. The lowest BCUT2D eigenvalue weighted by Gasteiger charge is -2.12. The van der Waals surface area contributed by atoms with Gasteiger partial charge < -0.3 is 9.84 Å². The Labute approximate surface area is 105 Å². The van der Waals surface area contributed by atoms with E-state index in [4.69, 9.17) is 4.74 Å². The maximum absolute atomic E-state index is 12.8. The Balaban J connectivity index is 2.24. The first kappa shape index (κ1) is 12.5. The van der Waals surface area contributed by atoms with E-state index in [-0.39, 0.29) is 5.82 Å². The first-order chi connectivity index (χ1) is 8.70. The maximum Gasteiger partial charge on any atom is 0.137 e. The van der Waals surface area contributed by atoms with Gasteiger partial charge in [-0.1, -0.05) is 12.1 Å². The lowest BCUT2D eigenvalue weighted by molar-refractivity contribution is 0.219. The quantitative estimate of drug-likeness (QED) is 0.903. The Kier molecular flexibility index (Phi) is 3.89. The number of hydrogen-bond donors (Lipinski definition) is 1. The third-order valence-corrected chi connectivity index (χ3v) is 2.55. The molecule has 0 fully saturated rings. The molecule has 2 rings (SSSR count). The topological polar surface area (TPSA) is 42.4 Å². The van der Waals surface area contributed by atoms with Crippen molar-refractivity contribution in [3.05, 3.63) is 59.7 Å². The molecule has 1 unspecified atom stereocenters. The molecule has 1 aromatic heterocycles. The summed E-state index contributed by atoms with van der Waals surface area (Å²) in [5, 5.41) is 10.2. The van der Waals surface area contributed by atoms with Crippen molar-refractivity contribution in [1.29, 1.82) is 0 Å². The number of aliphatic hydroxyl groups is 1. The Morgan fingerprint density at radius 1 is 1.22 bits per heavy atom. The number of benzene rings is 1. The van der Waals surface area contributed by atoms with Gasteiger partial charge in [-0.05, 0) is 30.7 Å². The second-order valence-corrected chi connectivity index (χ2v) is 3.84. The number of hydrogen-bond acceptors (Lipinski definition) is 3. The average Bonchev–Trinajstić information content (AvgIpc) is 2.39. The van der Waals surface area contributed by atoms with Crippen LogP contribution in [0.2, 0.25) is 0 Å². The van der Waals surface area contributed by atoms with E-state index >= 15 is 0 Å². The number of halogens is 1. The zero-order valence-corrected chi connectivity index (χ0v) is 10.0. The molecule has 0 aliphatic rings. The predicted octanol–water partition coefficient (Wildman–Crippen LogP) is 2.70. The minimum absolute atomic E-state index is 0.327. The molecule has 0 radical (unpaired) electrons. The molecule has 1 heterocycles. The fourth-order valence-electron chi connectivity index (χ4n) is 1.67. The van der Waals surface area contributed by atoms with Crippen LogP contribution in [-0.4, -0.2) is 16.7 Å². The summed E-state index contributed by atoms with van der Waals surface area (Å²) in [6.07, 6.45) is 2.32. The van der Waals surface area contributed by atoms with Crippen LogP contribution >= 0.6 is 0 Å². The van der Waals surface area contributed by atoms with Crippen molar-refractivity contribution in [2.24, 2.45) is 0 Å². The van der Waals surface area contributed by atoms with Gasteiger partial charge in [0.2, 0.25) is 0 Å². The molecule has 1 aromatic carbocycles.